The van der Waals surface area contributed by atoms with E-state index in [1.54, 1.807) is 24.3 Å². The summed E-state index contributed by atoms with van der Waals surface area (Å²) < 4.78 is 41.5. The fourth-order valence-electron chi connectivity index (χ4n) is 2.11. The molecule has 0 aliphatic carbocycles. The third-order valence-corrected chi connectivity index (χ3v) is 5.13. The molecule has 0 N–H and O–H groups in total. The van der Waals surface area contributed by atoms with Gasteiger partial charge in [0.05, 0.1) is 4.90 Å². The summed E-state index contributed by atoms with van der Waals surface area (Å²) >= 11 is 3.35. The van der Waals surface area contributed by atoms with Gasteiger partial charge in [-0.25, -0.2) is 0 Å². The predicted octanol–water partition coefficient (Wildman–Crippen LogP) is 3.30. The molecule has 1 heterocycles. The topological polar surface area (TPSA) is 61.8 Å². The highest BCUT2D eigenvalue weighted by molar-refractivity contribution is 9.10. The third kappa shape index (κ3) is 3.85. The molecule has 0 saturated heterocycles. The average molecular weight is 399 g/mol. The van der Waals surface area contributed by atoms with Crippen LogP contribution in [0.3, 0.4) is 0 Å². The number of benzene rings is 2. The Morgan fingerprint density at radius 3 is 2.65 bits per heavy atom. The molecule has 7 heteroatoms. The van der Waals surface area contributed by atoms with Crippen LogP contribution in [0.2, 0.25) is 0 Å². The van der Waals surface area contributed by atoms with Crippen molar-refractivity contribution in [2.45, 2.75) is 17.9 Å². The predicted molar refractivity (Wildman–Crippen MR) is 88.4 cm³/mol. The van der Waals surface area contributed by atoms with Gasteiger partial charge in [0.2, 0.25) is 0 Å². The van der Waals surface area contributed by atoms with Crippen LogP contribution in [-0.4, -0.2) is 27.7 Å². The fraction of sp³-hybridized carbons (Fsp3) is 0.250. The summed E-state index contributed by atoms with van der Waals surface area (Å²) in [6, 6.07) is 11.9. The number of fused-ring (bicyclic) bond motifs is 1. The van der Waals surface area contributed by atoms with E-state index in [4.69, 9.17) is 13.7 Å². The fourth-order valence-corrected chi connectivity index (χ4v) is 3.39. The van der Waals surface area contributed by atoms with Crippen LogP contribution >= 0.6 is 15.9 Å². The first-order chi connectivity index (χ1) is 10.9. The van der Waals surface area contributed by atoms with Gasteiger partial charge in [0, 0.05) is 4.47 Å². The summed E-state index contributed by atoms with van der Waals surface area (Å²) in [5.74, 6) is 1.19. The van der Waals surface area contributed by atoms with Crippen molar-refractivity contribution in [3.8, 4) is 11.5 Å². The molecule has 1 unspecified atom stereocenters. The second-order valence-corrected chi connectivity index (χ2v) is 7.72. The maximum absolute atomic E-state index is 12.2. The van der Waals surface area contributed by atoms with E-state index >= 15 is 0 Å². The minimum absolute atomic E-state index is 0.109. The first kappa shape index (κ1) is 16.3. The van der Waals surface area contributed by atoms with Gasteiger partial charge in [0.1, 0.15) is 13.2 Å². The van der Waals surface area contributed by atoms with Crippen molar-refractivity contribution in [2.75, 3.05) is 13.2 Å². The van der Waals surface area contributed by atoms with Crippen molar-refractivity contribution in [3.05, 3.63) is 52.5 Å². The molecule has 122 valence electrons. The monoisotopic (exact) mass is 398 g/mol. The lowest BCUT2D eigenvalue weighted by Crippen LogP contribution is -2.34. The van der Waals surface area contributed by atoms with Crippen molar-refractivity contribution in [1.29, 1.82) is 0 Å². The van der Waals surface area contributed by atoms with E-state index < -0.39 is 16.2 Å². The first-order valence-electron chi connectivity index (χ1n) is 6.99. The van der Waals surface area contributed by atoms with Gasteiger partial charge in [-0.15, -0.1) is 0 Å². The Morgan fingerprint density at radius 2 is 1.91 bits per heavy atom. The van der Waals surface area contributed by atoms with E-state index in [-0.39, 0.29) is 18.1 Å². The van der Waals surface area contributed by atoms with Crippen LogP contribution in [0.1, 0.15) is 5.56 Å². The third-order valence-electron chi connectivity index (χ3n) is 3.34. The number of hydrogen-bond donors (Lipinski definition) is 0. The molecule has 2 aromatic carbocycles. The van der Waals surface area contributed by atoms with Crippen LogP contribution in [0.15, 0.2) is 51.8 Å². The van der Waals surface area contributed by atoms with E-state index in [1.165, 1.54) is 12.1 Å². The Hall–Kier alpha value is -1.57. The van der Waals surface area contributed by atoms with Crippen molar-refractivity contribution in [2.24, 2.45) is 0 Å². The summed E-state index contributed by atoms with van der Waals surface area (Å²) in [7, 11) is -3.81. The zero-order valence-corrected chi connectivity index (χ0v) is 14.8. The number of hydrogen-bond acceptors (Lipinski definition) is 5. The second kappa shape index (κ2) is 6.51. The lowest BCUT2D eigenvalue weighted by atomic mass is 10.2. The molecule has 1 aliphatic heterocycles. The van der Waals surface area contributed by atoms with Gasteiger partial charge in [0.15, 0.2) is 17.6 Å². The van der Waals surface area contributed by atoms with Crippen molar-refractivity contribution >= 4 is 26.0 Å². The lowest BCUT2D eigenvalue weighted by molar-refractivity contribution is 0.0554. The van der Waals surface area contributed by atoms with Crippen molar-refractivity contribution in [1.82, 2.24) is 0 Å². The summed E-state index contributed by atoms with van der Waals surface area (Å²) in [5.41, 5.74) is 0.982. The van der Waals surface area contributed by atoms with E-state index in [0.717, 1.165) is 10.0 Å². The van der Waals surface area contributed by atoms with Crippen LogP contribution in [0, 0.1) is 6.92 Å². The number of ether oxygens (including phenoxy) is 2. The molecular formula is C16H15BrO5S. The number of halogens is 1. The Kier molecular flexibility index (Phi) is 4.61. The Bertz CT molecular complexity index is 802. The Labute approximate surface area is 143 Å². The molecule has 2 aromatic rings. The van der Waals surface area contributed by atoms with Crippen LogP contribution in [0.25, 0.3) is 0 Å². The summed E-state index contributed by atoms with van der Waals surface area (Å²) in [6.07, 6.45) is -0.489. The lowest BCUT2D eigenvalue weighted by Gasteiger charge is -2.26. The molecule has 0 bridgehead atoms. The molecular weight excluding hydrogens is 384 g/mol. The van der Waals surface area contributed by atoms with Gasteiger partial charge in [-0.1, -0.05) is 33.6 Å². The second-order valence-electron chi connectivity index (χ2n) is 5.19. The number of aryl methyl sites for hydroxylation is 1. The minimum atomic E-state index is -3.81. The van der Waals surface area contributed by atoms with Gasteiger partial charge in [0.25, 0.3) is 10.1 Å². The molecule has 1 aliphatic rings. The van der Waals surface area contributed by atoms with Gasteiger partial charge in [-0.3, -0.25) is 4.18 Å². The van der Waals surface area contributed by atoms with Crippen LogP contribution in [-0.2, 0) is 14.3 Å². The van der Waals surface area contributed by atoms with E-state index in [9.17, 15) is 8.42 Å². The maximum atomic E-state index is 12.2. The van der Waals surface area contributed by atoms with Crippen molar-refractivity contribution < 1.29 is 22.1 Å². The van der Waals surface area contributed by atoms with E-state index in [1.807, 2.05) is 13.0 Å². The van der Waals surface area contributed by atoms with Crippen LogP contribution in [0.4, 0.5) is 0 Å². The zero-order valence-electron chi connectivity index (χ0n) is 12.4. The normalized spacial score (nSPS) is 17.0. The van der Waals surface area contributed by atoms with Crippen LogP contribution in [0.5, 0.6) is 11.5 Å². The molecule has 0 fully saturated rings. The first-order valence-corrected chi connectivity index (χ1v) is 9.19. The van der Waals surface area contributed by atoms with Gasteiger partial charge >= 0.3 is 0 Å². The number of rotatable bonds is 4. The van der Waals surface area contributed by atoms with Gasteiger partial charge in [-0.05, 0) is 37.3 Å². The standard InChI is InChI=1S/C16H15BrO5S/c1-11-2-5-14(6-3-11)23(18,19)21-10-13-9-20-15-7-4-12(17)8-16(15)22-13/h2-8,13H,9-10H2,1H3. The molecule has 0 amide bonds. The smallest absolute Gasteiger partial charge is 0.297 e. The van der Waals surface area contributed by atoms with Gasteiger partial charge < -0.3 is 9.47 Å². The highest BCUT2D eigenvalue weighted by atomic mass is 79.9. The Balaban J connectivity index is 1.66. The molecule has 0 radical (unpaired) electrons. The SMILES string of the molecule is Cc1ccc(S(=O)(=O)OCC2COc3ccc(Br)cc3O2)cc1. The average Bonchev–Trinajstić information content (AvgIpc) is 2.53. The van der Waals surface area contributed by atoms with Gasteiger partial charge in [-0.2, -0.15) is 8.42 Å². The van der Waals surface area contributed by atoms with E-state index in [2.05, 4.69) is 15.9 Å². The maximum Gasteiger partial charge on any atom is 0.297 e. The molecule has 5 nitrogen and oxygen atoms in total. The zero-order chi connectivity index (χ0) is 16.4. The highest BCUT2D eigenvalue weighted by Crippen LogP contribution is 2.34. The quantitative estimate of drug-likeness (QED) is 0.739. The summed E-state index contributed by atoms with van der Waals surface area (Å²) in [4.78, 5) is 0.128. The molecule has 0 spiro atoms. The molecule has 3 rings (SSSR count). The summed E-state index contributed by atoms with van der Waals surface area (Å²) in [6.45, 7) is 2.01. The van der Waals surface area contributed by atoms with Crippen molar-refractivity contribution in [3.63, 3.8) is 0 Å². The minimum Gasteiger partial charge on any atom is -0.486 e. The van der Waals surface area contributed by atoms with E-state index in [0.29, 0.717) is 11.5 Å². The molecule has 0 aromatic heterocycles. The summed E-state index contributed by atoms with van der Waals surface area (Å²) in [5, 5.41) is 0. The van der Waals surface area contributed by atoms with Crippen LogP contribution < -0.4 is 9.47 Å². The molecule has 1 atom stereocenters. The molecule has 0 saturated carbocycles. The highest BCUT2D eigenvalue weighted by Gasteiger charge is 2.24. The molecule has 23 heavy (non-hydrogen) atoms. The Morgan fingerprint density at radius 1 is 1.17 bits per heavy atom. The largest absolute Gasteiger partial charge is 0.486 e.